The zero-order valence-electron chi connectivity index (χ0n) is 18.4. The summed E-state index contributed by atoms with van der Waals surface area (Å²) in [5.41, 5.74) is 5.41. The van der Waals surface area contributed by atoms with Gasteiger partial charge in [-0.2, -0.15) is 0 Å². The van der Waals surface area contributed by atoms with Crippen LogP contribution in [0.15, 0.2) is 71.6 Å². The second kappa shape index (κ2) is 9.17. The zero-order valence-corrected chi connectivity index (χ0v) is 19.2. The Bertz CT molecular complexity index is 1240. The summed E-state index contributed by atoms with van der Waals surface area (Å²) in [6.45, 7) is 3.77. The van der Waals surface area contributed by atoms with Crippen LogP contribution in [0.1, 0.15) is 58.4 Å². The predicted octanol–water partition coefficient (Wildman–Crippen LogP) is 5.17. The zero-order chi connectivity index (χ0) is 22.7. The maximum atomic E-state index is 12.9. The minimum absolute atomic E-state index is 0.152. The lowest BCUT2D eigenvalue weighted by Gasteiger charge is -2.20. The van der Waals surface area contributed by atoms with Gasteiger partial charge in [0, 0.05) is 5.56 Å². The van der Waals surface area contributed by atoms with Crippen molar-refractivity contribution in [2.45, 2.75) is 50.5 Å². The summed E-state index contributed by atoms with van der Waals surface area (Å²) < 4.78 is 28.0. The van der Waals surface area contributed by atoms with Crippen LogP contribution in [-0.4, -0.2) is 14.3 Å². The number of anilines is 1. The van der Waals surface area contributed by atoms with Crippen LogP contribution in [0.4, 0.5) is 5.69 Å². The van der Waals surface area contributed by atoms with Crippen molar-refractivity contribution in [1.29, 1.82) is 0 Å². The molecule has 0 fully saturated rings. The van der Waals surface area contributed by atoms with E-state index in [0.29, 0.717) is 11.3 Å². The SMILES string of the molecule is Cc1ccc(C(=O)NC(C)c2ccc3c(c2)CCCC3)cc1NS(=O)(=O)c1ccccc1. The topological polar surface area (TPSA) is 75.3 Å². The Morgan fingerprint density at radius 2 is 1.62 bits per heavy atom. The van der Waals surface area contributed by atoms with E-state index >= 15 is 0 Å². The summed E-state index contributed by atoms with van der Waals surface area (Å²) in [5.74, 6) is -0.240. The second-order valence-corrected chi connectivity index (χ2v) is 10.1. The van der Waals surface area contributed by atoms with Crippen molar-refractivity contribution in [3.8, 4) is 0 Å². The Morgan fingerprint density at radius 1 is 0.906 bits per heavy atom. The molecular formula is C26H28N2O3S. The quantitative estimate of drug-likeness (QED) is 0.547. The fourth-order valence-corrected chi connectivity index (χ4v) is 5.21. The van der Waals surface area contributed by atoms with Gasteiger partial charge >= 0.3 is 0 Å². The van der Waals surface area contributed by atoms with Gasteiger partial charge in [0.1, 0.15) is 0 Å². The monoisotopic (exact) mass is 448 g/mol. The van der Waals surface area contributed by atoms with Crippen LogP contribution in [-0.2, 0) is 22.9 Å². The van der Waals surface area contributed by atoms with E-state index in [1.54, 1.807) is 43.3 Å². The number of rotatable bonds is 6. The molecular weight excluding hydrogens is 420 g/mol. The van der Waals surface area contributed by atoms with Crippen molar-refractivity contribution >= 4 is 21.6 Å². The van der Waals surface area contributed by atoms with Crippen molar-refractivity contribution in [3.05, 3.63) is 94.5 Å². The fraction of sp³-hybridized carbons (Fsp3) is 0.269. The molecule has 0 heterocycles. The molecule has 0 saturated carbocycles. The predicted molar refractivity (Wildman–Crippen MR) is 127 cm³/mol. The Morgan fingerprint density at radius 3 is 2.38 bits per heavy atom. The Hall–Kier alpha value is -3.12. The molecule has 0 radical (unpaired) electrons. The largest absolute Gasteiger partial charge is 0.346 e. The normalized spacial score (nSPS) is 14.3. The molecule has 5 nitrogen and oxygen atoms in total. The summed E-state index contributed by atoms with van der Waals surface area (Å²) in [4.78, 5) is 13.1. The van der Waals surface area contributed by atoms with Gasteiger partial charge in [0.05, 0.1) is 16.6 Å². The first kappa shape index (κ1) is 22.1. The third kappa shape index (κ3) is 4.86. The first-order valence-electron chi connectivity index (χ1n) is 10.9. The van der Waals surface area contributed by atoms with Crippen LogP contribution in [0.3, 0.4) is 0 Å². The minimum atomic E-state index is -3.73. The Labute approximate surface area is 189 Å². The van der Waals surface area contributed by atoms with E-state index in [-0.39, 0.29) is 16.8 Å². The van der Waals surface area contributed by atoms with Crippen molar-refractivity contribution in [2.24, 2.45) is 0 Å². The highest BCUT2D eigenvalue weighted by molar-refractivity contribution is 7.92. The van der Waals surface area contributed by atoms with Crippen molar-refractivity contribution in [3.63, 3.8) is 0 Å². The van der Waals surface area contributed by atoms with E-state index in [1.807, 2.05) is 6.92 Å². The highest BCUT2D eigenvalue weighted by atomic mass is 32.2. The number of fused-ring (bicyclic) bond motifs is 1. The van der Waals surface area contributed by atoms with Gasteiger partial charge in [0.2, 0.25) is 0 Å². The van der Waals surface area contributed by atoms with E-state index in [9.17, 15) is 13.2 Å². The van der Waals surface area contributed by atoms with Crippen LogP contribution in [0, 0.1) is 6.92 Å². The summed E-state index contributed by atoms with van der Waals surface area (Å²) in [6, 6.07) is 19.5. The van der Waals surface area contributed by atoms with Crippen LogP contribution < -0.4 is 10.0 Å². The number of sulfonamides is 1. The summed E-state index contributed by atoms with van der Waals surface area (Å²) in [7, 11) is -3.73. The number of aryl methyl sites for hydroxylation is 3. The maximum absolute atomic E-state index is 12.9. The van der Waals surface area contributed by atoms with E-state index in [0.717, 1.165) is 24.0 Å². The molecule has 0 saturated heterocycles. The first-order chi connectivity index (χ1) is 15.3. The van der Waals surface area contributed by atoms with E-state index in [4.69, 9.17) is 0 Å². The molecule has 4 rings (SSSR count). The molecule has 2 N–H and O–H groups in total. The minimum Gasteiger partial charge on any atom is -0.346 e. The number of hydrogen-bond acceptors (Lipinski definition) is 3. The van der Waals surface area contributed by atoms with E-state index in [1.165, 1.54) is 36.1 Å². The smallest absolute Gasteiger partial charge is 0.261 e. The average Bonchev–Trinajstić information content (AvgIpc) is 2.80. The number of amides is 1. The van der Waals surface area contributed by atoms with Gasteiger partial charge in [-0.25, -0.2) is 8.42 Å². The van der Waals surface area contributed by atoms with Gasteiger partial charge in [-0.15, -0.1) is 0 Å². The maximum Gasteiger partial charge on any atom is 0.261 e. The summed E-state index contributed by atoms with van der Waals surface area (Å²) in [5, 5.41) is 3.04. The Kier molecular flexibility index (Phi) is 6.33. The van der Waals surface area contributed by atoms with Gasteiger partial charge in [0.25, 0.3) is 15.9 Å². The summed E-state index contributed by atoms with van der Waals surface area (Å²) in [6.07, 6.45) is 4.67. The standard InChI is InChI=1S/C26H28N2O3S/c1-18-12-13-23(17-25(18)28-32(30,31)24-10-4-3-5-11-24)26(29)27-19(2)21-15-14-20-8-6-7-9-22(20)16-21/h3-5,10-17,19,28H,6-9H2,1-2H3,(H,27,29). The van der Waals surface area contributed by atoms with Crippen molar-refractivity contribution in [2.75, 3.05) is 4.72 Å². The molecule has 166 valence electrons. The second-order valence-electron chi connectivity index (χ2n) is 8.38. The molecule has 1 unspecified atom stereocenters. The third-order valence-corrected chi connectivity index (χ3v) is 7.40. The Balaban J connectivity index is 1.51. The molecule has 32 heavy (non-hydrogen) atoms. The molecule has 1 amide bonds. The van der Waals surface area contributed by atoms with E-state index in [2.05, 4.69) is 28.2 Å². The number of benzene rings is 3. The van der Waals surface area contributed by atoms with Gasteiger partial charge in [-0.1, -0.05) is 42.5 Å². The molecule has 0 aromatic heterocycles. The van der Waals surface area contributed by atoms with Gasteiger partial charge < -0.3 is 5.32 Å². The number of nitrogens with one attached hydrogen (secondary N) is 2. The van der Waals surface area contributed by atoms with Crippen molar-refractivity contribution in [1.82, 2.24) is 5.32 Å². The molecule has 0 spiro atoms. The number of carbonyl (C=O) groups excluding carboxylic acids is 1. The molecule has 0 aliphatic heterocycles. The molecule has 3 aromatic carbocycles. The lowest BCUT2D eigenvalue weighted by atomic mass is 9.89. The van der Waals surface area contributed by atoms with Crippen LogP contribution in [0.2, 0.25) is 0 Å². The highest BCUT2D eigenvalue weighted by Crippen LogP contribution is 2.26. The average molecular weight is 449 g/mol. The molecule has 0 bridgehead atoms. The fourth-order valence-electron chi connectivity index (χ4n) is 4.06. The lowest BCUT2D eigenvalue weighted by Crippen LogP contribution is -2.27. The number of carbonyl (C=O) groups is 1. The van der Waals surface area contributed by atoms with Gasteiger partial charge in [-0.3, -0.25) is 9.52 Å². The molecule has 1 atom stereocenters. The van der Waals surface area contributed by atoms with Gasteiger partial charge in [-0.05, 0) is 86.1 Å². The molecule has 3 aromatic rings. The van der Waals surface area contributed by atoms with Gasteiger partial charge in [0.15, 0.2) is 0 Å². The summed E-state index contributed by atoms with van der Waals surface area (Å²) >= 11 is 0. The first-order valence-corrected chi connectivity index (χ1v) is 12.4. The number of hydrogen-bond donors (Lipinski definition) is 2. The van der Waals surface area contributed by atoms with E-state index < -0.39 is 10.0 Å². The molecule has 6 heteroatoms. The van der Waals surface area contributed by atoms with Crippen molar-refractivity contribution < 1.29 is 13.2 Å². The molecule has 1 aliphatic carbocycles. The van der Waals surface area contributed by atoms with Crippen LogP contribution >= 0.6 is 0 Å². The van der Waals surface area contributed by atoms with Crippen LogP contribution in [0.25, 0.3) is 0 Å². The molecule has 1 aliphatic rings. The van der Waals surface area contributed by atoms with Crippen LogP contribution in [0.5, 0.6) is 0 Å². The lowest BCUT2D eigenvalue weighted by molar-refractivity contribution is 0.0940. The highest BCUT2D eigenvalue weighted by Gasteiger charge is 2.18. The third-order valence-electron chi connectivity index (χ3n) is 6.02.